The number of aromatic hydroxyl groups is 1. The lowest BCUT2D eigenvalue weighted by Crippen LogP contribution is -2.24. The number of nitrogens with one attached hydrogen (secondary N) is 1. The van der Waals surface area contributed by atoms with Crippen LogP contribution >= 0.6 is 0 Å². The number of aldehydes is 1. The van der Waals surface area contributed by atoms with Crippen LogP contribution in [-0.4, -0.2) is 34.2 Å². The topological polar surface area (TPSA) is 73.4 Å². The standard InChI is InChI=1S/C18H14N2O3/c1-20-17(13-8-10(22)6-7-11(13)18(20)23)16-12-4-2-3-5-14(12)19-15(16)9-21/h2-9,17,19,22H,1H3. The van der Waals surface area contributed by atoms with E-state index in [-0.39, 0.29) is 11.7 Å². The van der Waals surface area contributed by atoms with Crippen LogP contribution in [-0.2, 0) is 0 Å². The van der Waals surface area contributed by atoms with Gasteiger partial charge in [-0.25, -0.2) is 0 Å². The van der Waals surface area contributed by atoms with Gasteiger partial charge in [-0.05, 0) is 29.8 Å². The second-order valence-corrected chi connectivity index (χ2v) is 5.71. The molecule has 5 heteroatoms. The first-order chi connectivity index (χ1) is 11.1. The quantitative estimate of drug-likeness (QED) is 0.715. The van der Waals surface area contributed by atoms with Crippen molar-refractivity contribution in [2.24, 2.45) is 0 Å². The number of phenolic OH excluding ortho intramolecular Hbond substituents is 1. The molecule has 4 rings (SSSR count). The van der Waals surface area contributed by atoms with Crippen molar-refractivity contribution in [3.8, 4) is 5.75 Å². The smallest absolute Gasteiger partial charge is 0.254 e. The highest BCUT2D eigenvalue weighted by Crippen LogP contribution is 2.42. The fourth-order valence-corrected chi connectivity index (χ4v) is 3.41. The van der Waals surface area contributed by atoms with E-state index in [0.29, 0.717) is 16.8 Å². The fraction of sp³-hybridized carbons (Fsp3) is 0.111. The molecular weight excluding hydrogens is 292 g/mol. The van der Waals surface area contributed by atoms with E-state index in [1.165, 1.54) is 6.07 Å². The van der Waals surface area contributed by atoms with Crippen LogP contribution in [0.4, 0.5) is 0 Å². The van der Waals surface area contributed by atoms with Gasteiger partial charge in [0.2, 0.25) is 0 Å². The lowest BCUT2D eigenvalue weighted by atomic mass is 9.95. The zero-order chi connectivity index (χ0) is 16.1. The minimum absolute atomic E-state index is 0.101. The Morgan fingerprint density at radius 1 is 1.22 bits per heavy atom. The third kappa shape index (κ3) is 1.80. The summed E-state index contributed by atoms with van der Waals surface area (Å²) in [5, 5.41) is 10.7. The molecule has 0 fully saturated rings. The lowest BCUT2D eigenvalue weighted by molar-refractivity contribution is 0.0793. The van der Waals surface area contributed by atoms with Crippen LogP contribution in [0.2, 0.25) is 0 Å². The molecule has 1 aliphatic heterocycles. The van der Waals surface area contributed by atoms with Crippen LogP contribution in [0, 0.1) is 0 Å². The number of para-hydroxylation sites is 1. The summed E-state index contributed by atoms with van der Waals surface area (Å²) in [5.74, 6) is -0.0172. The molecule has 2 N–H and O–H groups in total. The van der Waals surface area contributed by atoms with Crippen LogP contribution in [0.15, 0.2) is 42.5 Å². The van der Waals surface area contributed by atoms with Gasteiger partial charge in [-0.2, -0.15) is 0 Å². The van der Waals surface area contributed by atoms with Gasteiger partial charge in [-0.3, -0.25) is 9.59 Å². The molecule has 1 unspecified atom stereocenters. The minimum atomic E-state index is -0.402. The Kier molecular flexibility index (Phi) is 2.78. The van der Waals surface area contributed by atoms with E-state index in [0.717, 1.165) is 22.8 Å². The highest BCUT2D eigenvalue weighted by Gasteiger charge is 2.38. The Bertz CT molecular complexity index is 958. The van der Waals surface area contributed by atoms with E-state index >= 15 is 0 Å². The molecule has 1 atom stereocenters. The van der Waals surface area contributed by atoms with E-state index in [2.05, 4.69) is 4.98 Å². The number of nitrogens with zero attached hydrogens (tertiary/aromatic N) is 1. The molecule has 3 aromatic rings. The number of phenols is 1. The summed E-state index contributed by atoms with van der Waals surface area (Å²) in [5.41, 5.74) is 3.32. The first-order valence-corrected chi connectivity index (χ1v) is 7.27. The van der Waals surface area contributed by atoms with Gasteiger partial charge in [0.15, 0.2) is 6.29 Å². The van der Waals surface area contributed by atoms with E-state index < -0.39 is 6.04 Å². The second kappa shape index (κ2) is 4.71. The number of aromatic amines is 1. The number of amides is 1. The summed E-state index contributed by atoms with van der Waals surface area (Å²) in [7, 11) is 1.71. The molecule has 1 aliphatic rings. The normalized spacial score (nSPS) is 16.8. The molecule has 23 heavy (non-hydrogen) atoms. The summed E-state index contributed by atoms with van der Waals surface area (Å²) in [6.07, 6.45) is 0.772. The molecule has 0 aliphatic carbocycles. The van der Waals surface area contributed by atoms with Gasteiger partial charge in [0.1, 0.15) is 5.75 Å². The summed E-state index contributed by atoms with van der Waals surface area (Å²) < 4.78 is 0. The average molecular weight is 306 g/mol. The average Bonchev–Trinajstić information content (AvgIpc) is 3.03. The number of fused-ring (bicyclic) bond motifs is 2. The lowest BCUT2D eigenvalue weighted by Gasteiger charge is -2.21. The predicted octanol–water partition coefficient (Wildman–Crippen LogP) is 2.86. The Morgan fingerprint density at radius 3 is 2.78 bits per heavy atom. The van der Waals surface area contributed by atoms with Gasteiger partial charge in [-0.15, -0.1) is 0 Å². The Balaban J connectivity index is 2.04. The molecule has 1 aromatic heterocycles. The molecule has 114 valence electrons. The zero-order valence-corrected chi connectivity index (χ0v) is 12.4. The van der Waals surface area contributed by atoms with Gasteiger partial charge >= 0.3 is 0 Å². The SMILES string of the molecule is CN1C(=O)c2ccc(O)cc2C1c1c(C=O)[nH]c2ccccc12. The maximum Gasteiger partial charge on any atom is 0.254 e. The van der Waals surface area contributed by atoms with Crippen molar-refractivity contribution in [1.29, 1.82) is 0 Å². The molecule has 2 aromatic carbocycles. The first-order valence-electron chi connectivity index (χ1n) is 7.27. The van der Waals surface area contributed by atoms with Crippen molar-refractivity contribution in [3.63, 3.8) is 0 Å². The molecule has 0 saturated carbocycles. The highest BCUT2D eigenvalue weighted by molar-refractivity contribution is 6.02. The third-order valence-corrected chi connectivity index (χ3v) is 4.44. The molecule has 1 amide bonds. The van der Waals surface area contributed by atoms with Gasteiger partial charge in [0, 0.05) is 29.1 Å². The van der Waals surface area contributed by atoms with Crippen LogP contribution in [0.25, 0.3) is 10.9 Å². The third-order valence-electron chi connectivity index (χ3n) is 4.44. The number of hydrogen-bond donors (Lipinski definition) is 2. The number of carbonyl (C=O) groups excluding carboxylic acids is 2. The number of benzene rings is 2. The van der Waals surface area contributed by atoms with Crippen molar-refractivity contribution < 1.29 is 14.7 Å². The van der Waals surface area contributed by atoms with Crippen molar-refractivity contribution in [3.05, 3.63) is 64.8 Å². The summed E-state index contributed by atoms with van der Waals surface area (Å²) in [6.45, 7) is 0. The number of rotatable bonds is 2. The van der Waals surface area contributed by atoms with Crippen LogP contribution < -0.4 is 0 Å². The largest absolute Gasteiger partial charge is 0.508 e. The predicted molar refractivity (Wildman–Crippen MR) is 85.7 cm³/mol. The van der Waals surface area contributed by atoms with E-state index in [4.69, 9.17) is 0 Å². The van der Waals surface area contributed by atoms with Crippen LogP contribution in [0.3, 0.4) is 0 Å². The minimum Gasteiger partial charge on any atom is -0.508 e. The van der Waals surface area contributed by atoms with Crippen molar-refractivity contribution in [1.82, 2.24) is 9.88 Å². The number of aromatic nitrogens is 1. The van der Waals surface area contributed by atoms with Gasteiger partial charge in [-0.1, -0.05) is 18.2 Å². The molecular formula is C18H14N2O3. The van der Waals surface area contributed by atoms with E-state index in [1.54, 1.807) is 24.1 Å². The number of H-pyrrole nitrogens is 1. The number of hydrogen-bond acceptors (Lipinski definition) is 3. The maximum atomic E-state index is 12.5. The molecule has 0 radical (unpaired) electrons. The Morgan fingerprint density at radius 2 is 2.00 bits per heavy atom. The zero-order valence-electron chi connectivity index (χ0n) is 12.4. The van der Waals surface area contributed by atoms with Crippen LogP contribution in [0.5, 0.6) is 5.75 Å². The molecule has 2 heterocycles. The highest BCUT2D eigenvalue weighted by atomic mass is 16.3. The molecule has 0 saturated heterocycles. The molecule has 0 spiro atoms. The Hall–Kier alpha value is -3.08. The number of carbonyl (C=O) groups is 2. The fourth-order valence-electron chi connectivity index (χ4n) is 3.41. The molecule has 0 bridgehead atoms. The Labute approximate surface area is 132 Å². The summed E-state index contributed by atoms with van der Waals surface area (Å²) in [4.78, 5) is 28.7. The van der Waals surface area contributed by atoms with Gasteiger partial charge < -0.3 is 15.0 Å². The van der Waals surface area contributed by atoms with E-state index in [9.17, 15) is 14.7 Å². The van der Waals surface area contributed by atoms with Crippen molar-refractivity contribution in [2.45, 2.75) is 6.04 Å². The maximum absolute atomic E-state index is 12.5. The van der Waals surface area contributed by atoms with Gasteiger partial charge in [0.25, 0.3) is 5.91 Å². The first kappa shape index (κ1) is 13.6. The van der Waals surface area contributed by atoms with Gasteiger partial charge in [0.05, 0.1) is 11.7 Å². The van der Waals surface area contributed by atoms with E-state index in [1.807, 2.05) is 24.3 Å². The molecule has 5 nitrogen and oxygen atoms in total. The second-order valence-electron chi connectivity index (χ2n) is 5.71. The van der Waals surface area contributed by atoms with Crippen molar-refractivity contribution >= 4 is 23.1 Å². The monoisotopic (exact) mass is 306 g/mol. The summed E-state index contributed by atoms with van der Waals surface area (Å²) >= 11 is 0. The van der Waals surface area contributed by atoms with Crippen molar-refractivity contribution in [2.75, 3.05) is 7.05 Å². The van der Waals surface area contributed by atoms with Crippen LogP contribution in [0.1, 0.15) is 38.0 Å². The summed E-state index contributed by atoms with van der Waals surface area (Å²) in [6, 6.07) is 11.9.